The zero-order chi connectivity index (χ0) is 31.6. The fourth-order valence-electron chi connectivity index (χ4n) is 5.91. The normalized spacial score (nSPS) is 12.9. The van der Waals surface area contributed by atoms with Gasteiger partial charge in [0.15, 0.2) is 5.36 Å². The molecule has 0 spiro atoms. The third kappa shape index (κ3) is 4.38. The molecule has 0 fully saturated rings. The Morgan fingerprint density at radius 2 is 1.29 bits per heavy atom. The van der Waals surface area contributed by atoms with Crippen molar-refractivity contribution in [2.24, 2.45) is 10.1 Å². The fourth-order valence-corrected chi connectivity index (χ4v) is 5.91. The van der Waals surface area contributed by atoms with E-state index < -0.39 is 17.6 Å². The summed E-state index contributed by atoms with van der Waals surface area (Å²) in [5.41, 5.74) is 2.14. The topological polar surface area (TPSA) is 65.8 Å². The van der Waals surface area contributed by atoms with Crippen molar-refractivity contribution in [2.45, 2.75) is 13.1 Å². The molecule has 0 aliphatic rings. The molecule has 0 bridgehead atoms. The van der Waals surface area contributed by atoms with Gasteiger partial charge in [-0.15, -0.1) is 4.95 Å². The number of aryl methyl sites for hydroxylation is 1. The third-order valence-electron chi connectivity index (χ3n) is 8.00. The molecule has 7 aromatic rings. The molecule has 0 saturated carbocycles. The predicted molar refractivity (Wildman–Crippen MR) is 161 cm³/mol. The first-order chi connectivity index (χ1) is 21.6. The molecule has 0 aliphatic carbocycles. The standard InChI is InChI=1S/C35H16F5N5/c1-17-11-18(5-9-29(17)36)19-4-8-23-25(13-19)32(45-42-2)27-15-26-22-7-3-20(21-6-10-30(37)28(14-21)35(38,39)40)12-24(22)33(43-16-41)34(26)44-31(23)27/h3-15H,1H3/b43-33?,45-32+. The summed E-state index contributed by atoms with van der Waals surface area (Å²) in [7, 11) is 0. The van der Waals surface area contributed by atoms with Gasteiger partial charge >= 0.3 is 6.18 Å². The van der Waals surface area contributed by atoms with E-state index >= 15 is 0 Å². The van der Waals surface area contributed by atoms with E-state index in [1.54, 1.807) is 43.4 Å². The number of fused-ring (bicyclic) bond motifs is 6. The molecule has 0 radical (unpaired) electrons. The van der Waals surface area contributed by atoms with Crippen molar-refractivity contribution in [3.63, 3.8) is 0 Å². The first-order valence-electron chi connectivity index (χ1n) is 13.5. The molecule has 0 unspecified atom stereocenters. The highest BCUT2D eigenvalue weighted by Crippen LogP contribution is 2.37. The van der Waals surface area contributed by atoms with Gasteiger partial charge < -0.3 is 0 Å². The number of nitrogens with zero attached hydrogens (tertiary/aromatic N) is 5. The van der Waals surface area contributed by atoms with Crippen molar-refractivity contribution >= 4 is 43.4 Å². The number of alkyl halides is 3. The molecule has 45 heavy (non-hydrogen) atoms. The molecule has 0 N–H and O–H groups in total. The fraction of sp³-hybridized carbons (Fsp3) is 0.0571. The van der Waals surface area contributed by atoms with Crippen molar-refractivity contribution in [3.05, 3.63) is 124 Å². The Morgan fingerprint density at radius 3 is 1.93 bits per heavy atom. The summed E-state index contributed by atoms with van der Waals surface area (Å²) in [6.45, 7) is 9.16. The van der Waals surface area contributed by atoms with Crippen LogP contribution in [0, 0.1) is 36.6 Å². The summed E-state index contributed by atoms with van der Waals surface area (Å²) in [5, 5.41) is 18.0. The maximum atomic E-state index is 14.0. The van der Waals surface area contributed by atoms with Crippen molar-refractivity contribution in [1.29, 1.82) is 5.26 Å². The van der Waals surface area contributed by atoms with E-state index in [0.29, 0.717) is 59.8 Å². The minimum absolute atomic E-state index is 0.141. The summed E-state index contributed by atoms with van der Waals surface area (Å²) in [6, 6.07) is 19.9. The minimum atomic E-state index is -4.87. The number of halogens is 5. The highest BCUT2D eigenvalue weighted by Gasteiger charge is 2.34. The van der Waals surface area contributed by atoms with Crippen LogP contribution in [0.1, 0.15) is 11.1 Å². The van der Waals surface area contributed by atoms with Crippen molar-refractivity contribution in [3.8, 4) is 28.4 Å². The average Bonchev–Trinajstić information content (AvgIpc) is 3.48. The van der Waals surface area contributed by atoms with Gasteiger partial charge in [0.2, 0.25) is 6.19 Å². The highest BCUT2D eigenvalue weighted by molar-refractivity contribution is 6.18. The van der Waals surface area contributed by atoms with Crippen LogP contribution >= 0.6 is 0 Å². The Labute approximate surface area is 251 Å². The molecule has 1 aromatic heterocycles. The quantitative estimate of drug-likeness (QED) is 0.0862. The van der Waals surface area contributed by atoms with E-state index in [2.05, 4.69) is 15.0 Å². The number of hydrogen-bond acceptors (Lipinski definition) is 4. The molecule has 5 nitrogen and oxygen atoms in total. The maximum absolute atomic E-state index is 14.0. The molecule has 6 aromatic carbocycles. The largest absolute Gasteiger partial charge is 0.419 e. The van der Waals surface area contributed by atoms with E-state index in [9.17, 15) is 27.2 Å². The first kappa shape index (κ1) is 27.8. The van der Waals surface area contributed by atoms with Crippen LogP contribution in [-0.4, -0.2) is 4.98 Å². The predicted octanol–water partition coefficient (Wildman–Crippen LogP) is 8.63. The number of hydrogen-bond donors (Lipinski definition) is 0. The molecule has 10 heteroatoms. The molecule has 0 atom stereocenters. The molecule has 0 saturated heterocycles. The molecular formula is C35H16F5N5. The number of rotatable bonds is 2. The van der Waals surface area contributed by atoms with Gasteiger partial charge in [-0.25, -0.2) is 13.8 Å². The smallest absolute Gasteiger partial charge is 0.245 e. The first-order valence-corrected chi connectivity index (χ1v) is 13.5. The Kier molecular flexibility index (Phi) is 6.20. The van der Waals surface area contributed by atoms with E-state index in [1.807, 2.05) is 24.3 Å². The minimum Gasteiger partial charge on any atom is -0.245 e. The number of nitriles is 1. The summed E-state index contributed by atoms with van der Waals surface area (Å²) in [5.74, 6) is -1.69. The van der Waals surface area contributed by atoms with Crippen LogP contribution in [-0.2, 0) is 6.18 Å². The second-order valence-electron chi connectivity index (χ2n) is 10.6. The van der Waals surface area contributed by atoms with E-state index in [1.165, 1.54) is 12.1 Å². The lowest BCUT2D eigenvalue weighted by Crippen LogP contribution is -2.08. The van der Waals surface area contributed by atoms with Gasteiger partial charge in [-0.05, 0) is 82.6 Å². The van der Waals surface area contributed by atoms with Crippen LogP contribution < -0.4 is 10.7 Å². The van der Waals surface area contributed by atoms with Crippen LogP contribution in [0.2, 0.25) is 0 Å². The summed E-state index contributed by atoms with van der Waals surface area (Å²) in [4.78, 5) is 12.2. The summed E-state index contributed by atoms with van der Waals surface area (Å²) < 4.78 is 68.1. The third-order valence-corrected chi connectivity index (χ3v) is 8.00. The maximum Gasteiger partial charge on any atom is 0.419 e. The Morgan fingerprint density at radius 1 is 0.689 bits per heavy atom. The molecular weight excluding hydrogens is 585 g/mol. The summed E-state index contributed by atoms with van der Waals surface area (Å²) in [6.07, 6.45) is -3.07. The zero-order valence-electron chi connectivity index (χ0n) is 23.1. The van der Waals surface area contributed by atoms with Crippen LogP contribution in [0.3, 0.4) is 0 Å². The summed E-state index contributed by atoms with van der Waals surface area (Å²) >= 11 is 0. The molecule has 1 heterocycles. The van der Waals surface area contributed by atoms with Gasteiger partial charge in [0.1, 0.15) is 17.0 Å². The zero-order valence-corrected chi connectivity index (χ0v) is 23.1. The SMILES string of the molecule is [C-]#[N+]/N=c1\c2cc(-c3ccc(F)c(C)c3)ccc2c2nc3c(=NC#N)c4cc(-c5ccc(F)c(C(F)(F)F)c5)ccc4c3cc12. The molecule has 0 amide bonds. The van der Waals surface area contributed by atoms with Gasteiger partial charge in [0.25, 0.3) is 0 Å². The lowest BCUT2D eigenvalue weighted by molar-refractivity contribution is -0.139. The lowest BCUT2D eigenvalue weighted by atomic mass is 10.00. The Hall–Kier alpha value is -6.00. The van der Waals surface area contributed by atoms with Gasteiger partial charge in [-0.3, -0.25) is 0 Å². The second kappa shape index (κ2) is 10.0. The van der Waals surface area contributed by atoms with Gasteiger partial charge in [0, 0.05) is 26.9 Å². The monoisotopic (exact) mass is 601 g/mol. The average molecular weight is 602 g/mol. The van der Waals surface area contributed by atoms with Gasteiger partial charge in [-0.2, -0.15) is 30.0 Å². The van der Waals surface area contributed by atoms with Crippen LogP contribution in [0.5, 0.6) is 0 Å². The number of pyridine rings is 1. The van der Waals surface area contributed by atoms with Gasteiger partial charge in [0.05, 0.1) is 21.7 Å². The highest BCUT2D eigenvalue weighted by atomic mass is 19.4. The van der Waals surface area contributed by atoms with Crippen molar-refractivity contribution in [1.82, 2.24) is 4.98 Å². The van der Waals surface area contributed by atoms with Crippen LogP contribution in [0.15, 0.2) is 89.0 Å². The van der Waals surface area contributed by atoms with E-state index in [4.69, 9.17) is 11.6 Å². The lowest BCUT2D eigenvalue weighted by Gasteiger charge is -2.10. The molecule has 0 aliphatic heterocycles. The number of aromatic nitrogens is 1. The van der Waals surface area contributed by atoms with E-state index in [0.717, 1.165) is 23.3 Å². The van der Waals surface area contributed by atoms with Crippen molar-refractivity contribution < 1.29 is 22.0 Å². The Bertz CT molecular complexity index is 2600. The second-order valence-corrected chi connectivity index (χ2v) is 10.6. The van der Waals surface area contributed by atoms with Gasteiger partial charge in [-0.1, -0.05) is 36.4 Å². The van der Waals surface area contributed by atoms with Crippen LogP contribution in [0.25, 0.3) is 70.6 Å². The van der Waals surface area contributed by atoms with Crippen molar-refractivity contribution in [2.75, 3.05) is 0 Å². The molecule has 7 rings (SSSR count). The van der Waals surface area contributed by atoms with Crippen LogP contribution in [0.4, 0.5) is 22.0 Å². The molecule has 216 valence electrons. The van der Waals surface area contributed by atoms with E-state index in [-0.39, 0.29) is 16.7 Å². The number of benzene rings is 4. The Balaban J connectivity index is 1.50.